The molecule has 0 aliphatic carbocycles. The fourth-order valence-electron chi connectivity index (χ4n) is 14.5. The van der Waals surface area contributed by atoms with Gasteiger partial charge in [0.15, 0.2) is 0 Å². The predicted molar refractivity (Wildman–Crippen MR) is 389 cm³/mol. The summed E-state index contributed by atoms with van der Waals surface area (Å²) in [4.78, 5) is 0. The van der Waals surface area contributed by atoms with Crippen LogP contribution in [0.3, 0.4) is 0 Å². The summed E-state index contributed by atoms with van der Waals surface area (Å²) in [5.74, 6) is -0.237. The van der Waals surface area contributed by atoms with Crippen molar-refractivity contribution in [3.63, 3.8) is 0 Å². The highest BCUT2D eigenvalue weighted by Gasteiger charge is 2.20. The third-order valence-electron chi connectivity index (χ3n) is 18.8. The van der Waals surface area contributed by atoms with Gasteiger partial charge in [-0.25, -0.2) is 4.39 Å². The molecule has 0 unspecified atom stereocenters. The minimum absolute atomic E-state index is 0.237. The average Bonchev–Trinajstić information content (AvgIpc) is 1.62. The Hall–Kier alpha value is -12.3. The summed E-state index contributed by atoms with van der Waals surface area (Å²) in [5.41, 5.74) is 23.4. The largest absolute Gasteiger partial charge is 0.309 e. The molecule has 0 spiro atoms. The van der Waals surface area contributed by atoms with E-state index in [4.69, 9.17) is 0 Å². The van der Waals surface area contributed by atoms with Crippen LogP contribution >= 0.6 is 0 Å². The van der Waals surface area contributed by atoms with Gasteiger partial charge in [0.05, 0.1) is 44.1 Å². The molecule has 4 nitrogen and oxygen atoms in total. The zero-order chi connectivity index (χ0) is 61.5. The highest BCUT2D eigenvalue weighted by atomic mass is 19.1. The summed E-state index contributed by atoms with van der Waals surface area (Å²) in [6, 6.07) is 123. The fraction of sp³-hybridized carbons (Fsp3) is 0. The van der Waals surface area contributed by atoms with Crippen LogP contribution in [0.4, 0.5) is 4.39 Å². The molecular weight excluding hydrogens is 1130 g/mol. The number of halogens is 1. The molecule has 0 bridgehead atoms. The highest BCUT2D eigenvalue weighted by Crippen LogP contribution is 2.42. The van der Waals surface area contributed by atoms with Gasteiger partial charge in [0.1, 0.15) is 5.82 Å². The van der Waals surface area contributed by atoms with Gasteiger partial charge >= 0.3 is 0 Å². The first-order valence-corrected chi connectivity index (χ1v) is 31.7. The molecule has 93 heavy (non-hydrogen) atoms. The van der Waals surface area contributed by atoms with Gasteiger partial charge < -0.3 is 18.3 Å². The first kappa shape index (κ1) is 53.7. The van der Waals surface area contributed by atoms with Gasteiger partial charge in [-0.05, 0) is 195 Å². The molecule has 0 radical (unpaired) electrons. The van der Waals surface area contributed by atoms with Crippen molar-refractivity contribution in [2.45, 2.75) is 0 Å². The first-order chi connectivity index (χ1) is 46.0. The molecule has 436 valence electrons. The Kier molecular flexibility index (Phi) is 12.7. The maximum absolute atomic E-state index is 13.9. The van der Waals surface area contributed by atoms with E-state index in [1.165, 1.54) is 138 Å². The smallest absolute Gasteiger partial charge is 0.123 e. The van der Waals surface area contributed by atoms with Gasteiger partial charge in [0.2, 0.25) is 0 Å². The van der Waals surface area contributed by atoms with Crippen LogP contribution in [0.15, 0.2) is 346 Å². The van der Waals surface area contributed by atoms with Gasteiger partial charge in [-0.15, -0.1) is 0 Å². The zero-order valence-electron chi connectivity index (χ0n) is 50.6. The highest BCUT2D eigenvalue weighted by molar-refractivity contribution is 6.15. The summed E-state index contributed by atoms with van der Waals surface area (Å²) < 4.78 is 23.3. The molecule has 0 atom stereocenters. The number of benzene rings is 15. The predicted octanol–water partition coefficient (Wildman–Crippen LogP) is 23.7. The summed E-state index contributed by atoms with van der Waals surface area (Å²) in [5, 5.41) is 12.3. The van der Waals surface area contributed by atoms with E-state index in [0.29, 0.717) is 0 Å². The van der Waals surface area contributed by atoms with Crippen molar-refractivity contribution in [1.82, 2.24) is 18.3 Å². The zero-order valence-corrected chi connectivity index (χ0v) is 50.6. The molecule has 19 aromatic rings. The Morgan fingerprint density at radius 1 is 0.161 bits per heavy atom. The SMILES string of the molecule is Fc1ccc(-n2c3ccccc3c3cc(-c4ccc5c(c4)c4ccccc4n5-c4cc(-c5ccccc5)cc(-c5ccccc5)c4)ccc32)cc1.c1ccc(-n2c3ccccc3c3cc(-c4ccc5c(c4)c4ccccc4n5-c4ccc5ccccc5c4)ccc32)cc1. The van der Waals surface area contributed by atoms with E-state index < -0.39 is 0 Å². The van der Waals surface area contributed by atoms with E-state index >= 15 is 0 Å². The number of aromatic nitrogens is 4. The van der Waals surface area contributed by atoms with Crippen LogP contribution in [-0.4, -0.2) is 18.3 Å². The van der Waals surface area contributed by atoms with Crippen molar-refractivity contribution >= 4 is 98.0 Å². The second-order valence-electron chi connectivity index (χ2n) is 24.2. The van der Waals surface area contributed by atoms with E-state index in [1.54, 1.807) is 0 Å². The molecule has 0 aliphatic rings. The molecule has 15 aromatic carbocycles. The van der Waals surface area contributed by atoms with Crippen molar-refractivity contribution in [3.05, 3.63) is 352 Å². The number of para-hydroxylation sites is 5. The molecule has 4 aromatic heterocycles. The van der Waals surface area contributed by atoms with Crippen molar-refractivity contribution < 1.29 is 4.39 Å². The average molecular weight is 1190 g/mol. The molecule has 5 heteroatoms. The minimum atomic E-state index is -0.237. The molecule has 0 amide bonds. The van der Waals surface area contributed by atoms with Gasteiger partial charge in [0, 0.05) is 65.8 Å². The van der Waals surface area contributed by atoms with Crippen LogP contribution < -0.4 is 0 Å². The summed E-state index contributed by atoms with van der Waals surface area (Å²) >= 11 is 0. The van der Waals surface area contributed by atoms with Crippen LogP contribution in [0.25, 0.3) is 165 Å². The van der Waals surface area contributed by atoms with Crippen molar-refractivity contribution in [2.24, 2.45) is 0 Å². The molecule has 0 aliphatic heterocycles. The third-order valence-corrected chi connectivity index (χ3v) is 18.8. The normalized spacial score (nSPS) is 11.7. The maximum Gasteiger partial charge on any atom is 0.123 e. The monoisotopic (exact) mass is 1190 g/mol. The quantitative estimate of drug-likeness (QED) is 0.144. The van der Waals surface area contributed by atoms with Gasteiger partial charge in [-0.2, -0.15) is 0 Å². The minimum Gasteiger partial charge on any atom is -0.309 e. The lowest BCUT2D eigenvalue weighted by atomic mass is 9.98. The van der Waals surface area contributed by atoms with Crippen molar-refractivity contribution in [3.8, 4) is 67.3 Å². The Balaban J connectivity index is 0.000000139. The number of nitrogens with zero attached hydrogens (tertiary/aromatic N) is 4. The van der Waals surface area contributed by atoms with Crippen molar-refractivity contribution in [2.75, 3.05) is 0 Å². The second kappa shape index (κ2) is 22.0. The van der Waals surface area contributed by atoms with Gasteiger partial charge in [0.25, 0.3) is 0 Å². The molecule has 0 saturated carbocycles. The molecular formula is C88H57FN4. The Bertz CT molecular complexity index is 6050. The van der Waals surface area contributed by atoms with E-state index in [2.05, 4.69) is 340 Å². The van der Waals surface area contributed by atoms with E-state index in [-0.39, 0.29) is 5.82 Å². The first-order valence-electron chi connectivity index (χ1n) is 31.7. The maximum atomic E-state index is 13.9. The van der Waals surface area contributed by atoms with Gasteiger partial charge in [-0.3, -0.25) is 0 Å². The van der Waals surface area contributed by atoms with Crippen LogP contribution in [0, 0.1) is 5.82 Å². The van der Waals surface area contributed by atoms with Crippen molar-refractivity contribution in [1.29, 1.82) is 0 Å². The van der Waals surface area contributed by atoms with E-state index in [1.807, 2.05) is 12.1 Å². The molecule has 4 heterocycles. The molecule has 19 rings (SSSR count). The summed E-state index contributed by atoms with van der Waals surface area (Å²) in [6.45, 7) is 0. The fourth-order valence-corrected chi connectivity index (χ4v) is 14.5. The van der Waals surface area contributed by atoms with E-state index in [9.17, 15) is 4.39 Å². The number of hydrogen-bond acceptors (Lipinski definition) is 0. The number of rotatable bonds is 8. The van der Waals surface area contributed by atoms with Crippen LogP contribution in [-0.2, 0) is 0 Å². The lowest BCUT2D eigenvalue weighted by Gasteiger charge is -2.14. The number of hydrogen-bond donors (Lipinski definition) is 0. The lowest BCUT2D eigenvalue weighted by Crippen LogP contribution is -1.96. The van der Waals surface area contributed by atoms with E-state index in [0.717, 1.165) is 39.1 Å². The summed E-state index contributed by atoms with van der Waals surface area (Å²) in [6.07, 6.45) is 0. The third kappa shape index (κ3) is 9.12. The Morgan fingerprint density at radius 2 is 0.473 bits per heavy atom. The topological polar surface area (TPSA) is 19.7 Å². The number of fused-ring (bicyclic) bond motifs is 13. The van der Waals surface area contributed by atoms with Crippen LogP contribution in [0.2, 0.25) is 0 Å². The second-order valence-corrected chi connectivity index (χ2v) is 24.2. The Morgan fingerprint density at radius 3 is 0.892 bits per heavy atom. The molecule has 0 N–H and O–H groups in total. The molecule has 0 saturated heterocycles. The standard InChI is InChI=1S/C48H31FN2.C40H26N2/c49-38-21-23-39(24-22-38)50-45-17-9-7-15-41(45)43-30-34(19-25-47(43)50)35-20-26-48-44(31-35)42-16-8-10-18-46(42)51(48)40-28-36(32-11-3-1-4-12-32)27-37(29-40)33-13-5-2-6-14-33;1-2-12-31(13-3-1)41-37-16-8-6-14-33(37)35-25-29(19-22-39(35)41)30-20-23-40-36(26-30)34-15-7-9-17-38(34)42(40)32-21-18-27-10-4-5-11-28(27)24-32/h1-31H;1-26H. The van der Waals surface area contributed by atoms with Gasteiger partial charge in [-0.1, -0.05) is 206 Å². The summed E-state index contributed by atoms with van der Waals surface area (Å²) in [7, 11) is 0. The Labute approximate surface area is 536 Å². The van der Waals surface area contributed by atoms with Crippen LogP contribution in [0.1, 0.15) is 0 Å². The lowest BCUT2D eigenvalue weighted by molar-refractivity contribution is 0.627. The molecule has 0 fully saturated rings. The van der Waals surface area contributed by atoms with Crippen LogP contribution in [0.5, 0.6) is 0 Å².